The summed E-state index contributed by atoms with van der Waals surface area (Å²) in [5.41, 5.74) is 0.791. The van der Waals surface area contributed by atoms with Crippen LogP contribution in [0.5, 0.6) is 0 Å². The van der Waals surface area contributed by atoms with Crippen LogP contribution in [0.15, 0.2) is 36.5 Å². The van der Waals surface area contributed by atoms with Crippen LogP contribution >= 0.6 is 11.3 Å². The summed E-state index contributed by atoms with van der Waals surface area (Å²) in [6.07, 6.45) is 6.40. The van der Waals surface area contributed by atoms with Crippen LogP contribution in [0.1, 0.15) is 12.6 Å². The molecule has 3 aromatic rings. The minimum Gasteiger partial charge on any atom is -0.350 e. The Morgan fingerprint density at radius 2 is 2.22 bits per heavy atom. The summed E-state index contributed by atoms with van der Waals surface area (Å²) < 4.78 is 1.64. The molecule has 8 nitrogen and oxygen atoms in total. The molecule has 0 aliphatic rings. The zero-order valence-electron chi connectivity index (χ0n) is 12.5. The summed E-state index contributed by atoms with van der Waals surface area (Å²) >= 11 is 1.46. The second kappa shape index (κ2) is 7.05. The Morgan fingerprint density at radius 3 is 2.96 bits per heavy atom. The van der Waals surface area contributed by atoms with Gasteiger partial charge in [-0.15, -0.1) is 11.3 Å². The van der Waals surface area contributed by atoms with Gasteiger partial charge in [0, 0.05) is 17.8 Å². The molecule has 118 valence electrons. The van der Waals surface area contributed by atoms with Crippen molar-refractivity contribution in [3.63, 3.8) is 0 Å². The lowest BCUT2D eigenvalue weighted by Gasteiger charge is -2.11. The second-order valence-corrected chi connectivity index (χ2v) is 5.81. The number of hydrogen-bond acceptors (Lipinski definition) is 7. The molecule has 1 N–H and O–H groups in total. The van der Waals surface area contributed by atoms with E-state index in [0.29, 0.717) is 18.9 Å². The number of rotatable bonds is 6. The molecule has 0 aliphatic carbocycles. The van der Waals surface area contributed by atoms with Gasteiger partial charge in [-0.2, -0.15) is 5.10 Å². The van der Waals surface area contributed by atoms with Crippen LogP contribution in [-0.2, 0) is 17.9 Å². The van der Waals surface area contributed by atoms with Crippen LogP contribution in [0.25, 0.3) is 10.8 Å². The van der Waals surface area contributed by atoms with Crippen LogP contribution in [-0.4, -0.2) is 35.6 Å². The number of aromatic nitrogens is 6. The number of nitrogens with one attached hydrogen (secondary N) is 1. The molecule has 3 heterocycles. The molecule has 0 spiro atoms. The van der Waals surface area contributed by atoms with Crippen molar-refractivity contribution in [3.8, 4) is 10.8 Å². The molecular weight excluding hydrogens is 314 g/mol. The first-order chi connectivity index (χ1) is 11.2. The molecule has 0 aliphatic heterocycles. The van der Waals surface area contributed by atoms with E-state index in [1.807, 2.05) is 12.3 Å². The zero-order chi connectivity index (χ0) is 16.1. The van der Waals surface area contributed by atoms with Crippen molar-refractivity contribution in [1.29, 1.82) is 0 Å². The molecule has 0 saturated carbocycles. The fraction of sp³-hybridized carbons (Fsp3) is 0.286. The Morgan fingerprint density at radius 1 is 1.39 bits per heavy atom. The van der Waals surface area contributed by atoms with Crippen LogP contribution in [0, 0.1) is 5.92 Å². The van der Waals surface area contributed by atoms with E-state index in [9.17, 15) is 4.79 Å². The molecule has 1 unspecified atom stereocenters. The van der Waals surface area contributed by atoms with Crippen molar-refractivity contribution < 1.29 is 4.79 Å². The predicted molar refractivity (Wildman–Crippen MR) is 84.2 cm³/mol. The third-order valence-corrected chi connectivity index (χ3v) is 4.01. The van der Waals surface area contributed by atoms with Gasteiger partial charge < -0.3 is 5.32 Å². The zero-order valence-corrected chi connectivity index (χ0v) is 13.3. The molecule has 0 bridgehead atoms. The Kier molecular flexibility index (Phi) is 4.67. The van der Waals surface area contributed by atoms with Gasteiger partial charge in [-0.05, 0) is 6.07 Å². The van der Waals surface area contributed by atoms with E-state index in [1.54, 1.807) is 29.5 Å². The maximum absolute atomic E-state index is 12.1. The third-order valence-electron chi connectivity index (χ3n) is 3.13. The van der Waals surface area contributed by atoms with Gasteiger partial charge in [0.15, 0.2) is 10.8 Å². The number of amides is 1. The molecule has 0 aromatic carbocycles. The fourth-order valence-corrected chi connectivity index (χ4v) is 2.71. The summed E-state index contributed by atoms with van der Waals surface area (Å²) in [6.45, 7) is 2.72. The van der Waals surface area contributed by atoms with Crippen molar-refractivity contribution in [1.82, 2.24) is 35.0 Å². The lowest BCUT2D eigenvalue weighted by molar-refractivity contribution is -0.125. The highest BCUT2D eigenvalue weighted by atomic mass is 32.1. The average molecular weight is 329 g/mol. The van der Waals surface area contributed by atoms with Crippen molar-refractivity contribution in [2.24, 2.45) is 5.92 Å². The smallest absolute Gasteiger partial charge is 0.225 e. The number of nitrogens with zero attached hydrogens (tertiary/aromatic N) is 6. The molecule has 1 amide bonds. The highest BCUT2D eigenvalue weighted by Crippen LogP contribution is 2.19. The normalized spacial score (nSPS) is 12.0. The molecule has 0 fully saturated rings. The molecular formula is C14H15N7OS. The SMILES string of the molecule is CC(Cn1cncn1)C(=O)NCc1csc(-c2ncccn2)n1. The number of hydrogen-bond donors (Lipinski definition) is 1. The van der Waals surface area contributed by atoms with E-state index < -0.39 is 0 Å². The van der Waals surface area contributed by atoms with Gasteiger partial charge >= 0.3 is 0 Å². The molecule has 1 atom stereocenters. The van der Waals surface area contributed by atoms with Crippen molar-refractivity contribution >= 4 is 17.2 Å². The summed E-state index contributed by atoms with van der Waals surface area (Å²) in [5.74, 6) is 0.341. The monoisotopic (exact) mass is 329 g/mol. The maximum atomic E-state index is 12.1. The standard InChI is InChI=1S/C14H15N7OS/c1-10(6-21-9-15-8-19-21)13(22)18-5-11-7-23-14(20-11)12-16-3-2-4-17-12/h2-4,7-10H,5-6H2,1H3,(H,18,22). The average Bonchev–Trinajstić information content (AvgIpc) is 3.25. The molecule has 3 rings (SSSR count). The first kappa shape index (κ1) is 15.2. The number of carbonyl (C=O) groups excluding carboxylic acids is 1. The van der Waals surface area contributed by atoms with Gasteiger partial charge in [-0.3, -0.25) is 9.48 Å². The Labute approximate surface area is 136 Å². The number of thiazole rings is 1. The van der Waals surface area contributed by atoms with Gasteiger partial charge in [-0.1, -0.05) is 6.92 Å². The fourth-order valence-electron chi connectivity index (χ4n) is 1.94. The predicted octanol–water partition coefficient (Wildman–Crippen LogP) is 1.14. The van der Waals surface area contributed by atoms with Gasteiger partial charge in [0.2, 0.25) is 5.91 Å². The van der Waals surface area contributed by atoms with E-state index in [1.165, 1.54) is 17.7 Å². The first-order valence-electron chi connectivity index (χ1n) is 7.04. The highest BCUT2D eigenvalue weighted by Gasteiger charge is 2.14. The third kappa shape index (κ3) is 3.95. The van der Waals surface area contributed by atoms with Crippen LogP contribution in [0.3, 0.4) is 0 Å². The minimum absolute atomic E-state index is 0.0500. The Hall–Kier alpha value is -2.68. The molecule has 0 radical (unpaired) electrons. The van der Waals surface area contributed by atoms with Gasteiger partial charge in [0.1, 0.15) is 12.7 Å². The quantitative estimate of drug-likeness (QED) is 0.728. The first-order valence-corrected chi connectivity index (χ1v) is 7.92. The molecule has 23 heavy (non-hydrogen) atoms. The molecule has 3 aromatic heterocycles. The summed E-state index contributed by atoms with van der Waals surface area (Å²) in [5, 5.41) is 9.51. The van der Waals surface area contributed by atoms with Crippen molar-refractivity contribution in [2.45, 2.75) is 20.0 Å². The van der Waals surface area contributed by atoms with Gasteiger partial charge in [-0.25, -0.2) is 19.9 Å². The van der Waals surface area contributed by atoms with E-state index >= 15 is 0 Å². The van der Waals surface area contributed by atoms with Gasteiger partial charge in [0.25, 0.3) is 0 Å². The molecule has 0 saturated heterocycles. The van der Waals surface area contributed by atoms with Crippen LogP contribution < -0.4 is 5.32 Å². The van der Waals surface area contributed by atoms with Crippen molar-refractivity contribution in [2.75, 3.05) is 0 Å². The van der Waals surface area contributed by atoms with Crippen LogP contribution in [0.2, 0.25) is 0 Å². The Bertz CT molecular complexity index is 757. The van der Waals surface area contributed by atoms with E-state index in [4.69, 9.17) is 0 Å². The summed E-state index contributed by atoms with van der Waals surface area (Å²) in [4.78, 5) is 28.7. The lowest BCUT2D eigenvalue weighted by atomic mass is 10.1. The van der Waals surface area contributed by atoms with E-state index in [0.717, 1.165) is 10.7 Å². The summed E-state index contributed by atoms with van der Waals surface area (Å²) in [7, 11) is 0. The van der Waals surface area contributed by atoms with Gasteiger partial charge in [0.05, 0.1) is 24.7 Å². The van der Waals surface area contributed by atoms with Crippen molar-refractivity contribution in [3.05, 3.63) is 42.2 Å². The largest absolute Gasteiger partial charge is 0.350 e. The lowest BCUT2D eigenvalue weighted by Crippen LogP contribution is -2.31. The summed E-state index contributed by atoms with van der Waals surface area (Å²) in [6, 6.07) is 1.76. The second-order valence-electron chi connectivity index (χ2n) is 4.95. The number of carbonyl (C=O) groups is 1. The van der Waals surface area contributed by atoms with E-state index in [-0.39, 0.29) is 11.8 Å². The molecule has 9 heteroatoms. The Balaban J connectivity index is 1.54. The van der Waals surface area contributed by atoms with Crippen LogP contribution in [0.4, 0.5) is 0 Å². The highest BCUT2D eigenvalue weighted by molar-refractivity contribution is 7.13. The topological polar surface area (TPSA) is 98.5 Å². The minimum atomic E-state index is -0.202. The van der Waals surface area contributed by atoms with E-state index in [2.05, 4.69) is 30.4 Å². The maximum Gasteiger partial charge on any atom is 0.225 e.